The van der Waals surface area contributed by atoms with E-state index in [1.807, 2.05) is 44.4 Å². The molecule has 2 N–H and O–H groups in total. The summed E-state index contributed by atoms with van der Waals surface area (Å²) in [5.74, 6) is 0.0160. The molecule has 0 aliphatic carbocycles. The van der Waals surface area contributed by atoms with E-state index >= 15 is 0 Å². The van der Waals surface area contributed by atoms with Gasteiger partial charge < -0.3 is 10.6 Å². The molecule has 0 bridgehead atoms. The van der Waals surface area contributed by atoms with Crippen molar-refractivity contribution in [1.29, 1.82) is 0 Å². The Hall–Kier alpha value is -1.35. The van der Waals surface area contributed by atoms with Gasteiger partial charge in [0.25, 0.3) is 0 Å². The molecule has 0 aliphatic heterocycles. The largest absolute Gasteiger partial charge is 0.369 e. The summed E-state index contributed by atoms with van der Waals surface area (Å²) in [6.07, 6.45) is 1.69. The monoisotopic (exact) mass is 262 g/mol. The lowest BCUT2D eigenvalue weighted by Gasteiger charge is -2.37. The maximum atomic E-state index is 12.2. The Bertz CT molecular complexity index is 402. The van der Waals surface area contributed by atoms with Gasteiger partial charge in [-0.2, -0.15) is 0 Å². The number of hydrogen-bond donors (Lipinski definition) is 1. The summed E-state index contributed by atoms with van der Waals surface area (Å²) in [5.41, 5.74) is 6.28. The van der Waals surface area contributed by atoms with Crippen LogP contribution in [-0.2, 0) is 10.2 Å². The minimum absolute atomic E-state index is 0.213. The van der Waals surface area contributed by atoms with Crippen molar-refractivity contribution in [3.63, 3.8) is 0 Å². The van der Waals surface area contributed by atoms with Crippen molar-refractivity contribution >= 4 is 5.91 Å². The molecule has 3 nitrogen and oxygen atoms in total. The number of hydrogen-bond acceptors (Lipinski definition) is 2. The molecule has 1 aromatic carbocycles. The zero-order chi connectivity index (χ0) is 14.5. The molecule has 0 radical (unpaired) electrons. The average molecular weight is 262 g/mol. The molecule has 2 atom stereocenters. The molecule has 0 heterocycles. The topological polar surface area (TPSA) is 46.3 Å². The van der Waals surface area contributed by atoms with Crippen LogP contribution in [0.25, 0.3) is 0 Å². The number of rotatable bonds is 7. The van der Waals surface area contributed by atoms with Crippen LogP contribution >= 0.6 is 0 Å². The summed E-state index contributed by atoms with van der Waals surface area (Å²) in [4.78, 5) is 14.3. The summed E-state index contributed by atoms with van der Waals surface area (Å²) in [7, 11) is 4.04. The number of carbonyl (C=O) groups excluding carboxylic acids is 1. The van der Waals surface area contributed by atoms with Gasteiger partial charge >= 0.3 is 0 Å². The Morgan fingerprint density at radius 1 is 1.32 bits per heavy atom. The van der Waals surface area contributed by atoms with Crippen molar-refractivity contribution in [3.05, 3.63) is 35.9 Å². The van der Waals surface area contributed by atoms with Crippen LogP contribution in [0.5, 0.6) is 0 Å². The van der Waals surface area contributed by atoms with Gasteiger partial charge in [-0.25, -0.2) is 0 Å². The Kier molecular flexibility index (Phi) is 5.55. The molecule has 0 spiro atoms. The number of carbonyl (C=O) groups is 1. The zero-order valence-corrected chi connectivity index (χ0v) is 12.5. The summed E-state index contributed by atoms with van der Waals surface area (Å²) in [5, 5.41) is 0. The van der Waals surface area contributed by atoms with Gasteiger partial charge in [-0.05, 0) is 38.5 Å². The van der Waals surface area contributed by atoms with Crippen LogP contribution in [0.2, 0.25) is 0 Å². The molecular weight excluding hydrogens is 236 g/mol. The van der Waals surface area contributed by atoms with Crippen molar-refractivity contribution in [3.8, 4) is 0 Å². The SMILES string of the molecule is CCC(C)C(CCN(C)C)(C(N)=O)c1ccccc1. The maximum absolute atomic E-state index is 12.2. The van der Waals surface area contributed by atoms with E-state index in [-0.39, 0.29) is 11.8 Å². The molecule has 0 fully saturated rings. The van der Waals surface area contributed by atoms with E-state index in [0.29, 0.717) is 0 Å². The fraction of sp³-hybridized carbons (Fsp3) is 0.562. The second kappa shape index (κ2) is 6.71. The Labute approximate surface area is 116 Å². The van der Waals surface area contributed by atoms with Gasteiger partial charge in [0, 0.05) is 0 Å². The van der Waals surface area contributed by atoms with Crippen LogP contribution in [0.4, 0.5) is 0 Å². The van der Waals surface area contributed by atoms with Gasteiger partial charge in [0.15, 0.2) is 0 Å². The van der Waals surface area contributed by atoms with Crippen molar-refractivity contribution in [1.82, 2.24) is 4.90 Å². The first-order chi connectivity index (χ1) is 8.95. The van der Waals surface area contributed by atoms with Crippen LogP contribution in [0, 0.1) is 5.92 Å². The van der Waals surface area contributed by atoms with Crippen LogP contribution in [0.15, 0.2) is 30.3 Å². The minimum atomic E-state index is -0.569. The van der Waals surface area contributed by atoms with Gasteiger partial charge in [-0.3, -0.25) is 4.79 Å². The standard InChI is InChI=1S/C16H26N2O/c1-5-13(2)16(15(17)19,11-12-18(3)4)14-9-7-6-8-10-14/h6-10,13H,5,11-12H2,1-4H3,(H2,17,19). The molecule has 1 amide bonds. The van der Waals surface area contributed by atoms with Crippen LogP contribution < -0.4 is 5.73 Å². The third-order valence-electron chi connectivity index (χ3n) is 4.14. The van der Waals surface area contributed by atoms with Gasteiger partial charge in [-0.15, -0.1) is 0 Å². The lowest BCUT2D eigenvalue weighted by Crippen LogP contribution is -2.48. The second-order valence-electron chi connectivity index (χ2n) is 5.56. The molecular formula is C16H26N2O. The normalized spacial score (nSPS) is 16.1. The predicted octanol–water partition coefficient (Wildman–Crippen LogP) is 2.41. The smallest absolute Gasteiger partial charge is 0.228 e. The first kappa shape index (κ1) is 15.7. The number of benzene rings is 1. The first-order valence-electron chi connectivity index (χ1n) is 6.95. The Balaban J connectivity index is 3.23. The summed E-state index contributed by atoms with van der Waals surface area (Å²) in [6, 6.07) is 9.97. The van der Waals surface area contributed by atoms with E-state index in [2.05, 4.69) is 18.7 Å². The molecule has 3 heteroatoms. The van der Waals surface area contributed by atoms with Crippen LogP contribution in [0.1, 0.15) is 32.3 Å². The number of amides is 1. The highest BCUT2D eigenvalue weighted by molar-refractivity contribution is 5.87. The van der Waals surface area contributed by atoms with E-state index in [1.54, 1.807) is 0 Å². The highest BCUT2D eigenvalue weighted by Gasteiger charge is 2.42. The highest BCUT2D eigenvalue weighted by Crippen LogP contribution is 2.37. The summed E-state index contributed by atoms with van der Waals surface area (Å²) >= 11 is 0. The molecule has 2 unspecified atom stereocenters. The van der Waals surface area contributed by atoms with Crippen molar-refractivity contribution in [2.24, 2.45) is 11.7 Å². The molecule has 0 aliphatic rings. The fourth-order valence-electron chi connectivity index (χ4n) is 2.67. The molecule has 106 valence electrons. The third kappa shape index (κ3) is 3.35. The Morgan fingerprint density at radius 3 is 2.32 bits per heavy atom. The van der Waals surface area contributed by atoms with Gasteiger partial charge in [0.1, 0.15) is 0 Å². The third-order valence-corrected chi connectivity index (χ3v) is 4.14. The van der Waals surface area contributed by atoms with E-state index in [9.17, 15) is 4.79 Å². The van der Waals surface area contributed by atoms with E-state index < -0.39 is 5.41 Å². The molecule has 0 saturated carbocycles. The Morgan fingerprint density at radius 2 is 1.89 bits per heavy atom. The average Bonchev–Trinajstić information content (AvgIpc) is 2.39. The molecule has 0 aromatic heterocycles. The number of nitrogens with zero attached hydrogens (tertiary/aromatic N) is 1. The molecule has 1 rings (SSSR count). The number of primary amides is 1. The van der Waals surface area contributed by atoms with E-state index in [0.717, 1.165) is 24.9 Å². The second-order valence-corrected chi connectivity index (χ2v) is 5.56. The highest BCUT2D eigenvalue weighted by atomic mass is 16.1. The predicted molar refractivity (Wildman–Crippen MR) is 79.9 cm³/mol. The van der Waals surface area contributed by atoms with Gasteiger partial charge in [-0.1, -0.05) is 50.6 Å². The van der Waals surface area contributed by atoms with Crippen molar-refractivity contribution < 1.29 is 4.79 Å². The van der Waals surface area contributed by atoms with Crippen LogP contribution in [0.3, 0.4) is 0 Å². The lowest BCUT2D eigenvalue weighted by molar-refractivity contribution is -0.126. The first-order valence-corrected chi connectivity index (χ1v) is 6.95. The summed E-state index contributed by atoms with van der Waals surface area (Å²) < 4.78 is 0. The van der Waals surface area contributed by atoms with Gasteiger partial charge in [0.05, 0.1) is 5.41 Å². The summed E-state index contributed by atoms with van der Waals surface area (Å²) in [6.45, 7) is 5.08. The van der Waals surface area contributed by atoms with Crippen LogP contribution in [-0.4, -0.2) is 31.4 Å². The van der Waals surface area contributed by atoms with Gasteiger partial charge in [0.2, 0.25) is 5.91 Å². The maximum Gasteiger partial charge on any atom is 0.228 e. The molecule has 19 heavy (non-hydrogen) atoms. The minimum Gasteiger partial charge on any atom is -0.369 e. The quantitative estimate of drug-likeness (QED) is 0.820. The lowest BCUT2D eigenvalue weighted by atomic mass is 9.67. The van der Waals surface area contributed by atoms with Crippen molar-refractivity contribution in [2.75, 3.05) is 20.6 Å². The van der Waals surface area contributed by atoms with E-state index in [1.165, 1.54) is 0 Å². The number of nitrogens with two attached hydrogens (primary N) is 1. The fourth-order valence-corrected chi connectivity index (χ4v) is 2.67. The van der Waals surface area contributed by atoms with Crippen molar-refractivity contribution in [2.45, 2.75) is 32.1 Å². The molecule has 1 aromatic rings. The molecule has 0 saturated heterocycles. The zero-order valence-electron chi connectivity index (χ0n) is 12.5. The van der Waals surface area contributed by atoms with E-state index in [4.69, 9.17) is 5.73 Å².